The van der Waals surface area contributed by atoms with Gasteiger partial charge in [0.25, 0.3) is 0 Å². The van der Waals surface area contributed by atoms with Crippen LogP contribution in [0, 0.1) is 0 Å². The van der Waals surface area contributed by atoms with Crippen molar-refractivity contribution in [2.24, 2.45) is 0 Å². The van der Waals surface area contributed by atoms with E-state index in [0.29, 0.717) is 0 Å². The summed E-state index contributed by atoms with van der Waals surface area (Å²) < 4.78 is 6.11. The fourth-order valence-electron chi connectivity index (χ4n) is 1.42. The first-order valence-corrected chi connectivity index (χ1v) is 6.17. The molecule has 0 fully saturated rings. The lowest BCUT2D eigenvalue weighted by atomic mass is 10.2. The van der Waals surface area contributed by atoms with Gasteiger partial charge in [-0.3, -0.25) is 0 Å². The Morgan fingerprint density at radius 2 is 2.25 bits per heavy atom. The van der Waals surface area contributed by atoms with Crippen LogP contribution in [0.2, 0.25) is 0 Å². The third-order valence-corrected chi connectivity index (χ3v) is 3.14. The monoisotopic (exact) mass is 287 g/mol. The first-order chi connectivity index (χ1) is 7.71. The van der Waals surface area contributed by atoms with Gasteiger partial charge in [-0.1, -0.05) is 13.0 Å². The minimum atomic E-state index is 0.167. The highest BCUT2D eigenvalue weighted by Gasteiger charge is 2.05. The van der Waals surface area contributed by atoms with E-state index in [9.17, 15) is 0 Å². The molecular formula is C12H18BrNO2. The first-order valence-electron chi connectivity index (χ1n) is 5.38. The van der Waals surface area contributed by atoms with Crippen molar-refractivity contribution in [1.29, 1.82) is 0 Å². The van der Waals surface area contributed by atoms with Crippen LogP contribution in [0.1, 0.15) is 18.9 Å². The summed E-state index contributed by atoms with van der Waals surface area (Å²) in [4.78, 5) is 0. The van der Waals surface area contributed by atoms with Gasteiger partial charge in [-0.05, 0) is 40.0 Å². The summed E-state index contributed by atoms with van der Waals surface area (Å²) >= 11 is 3.45. The molecule has 0 amide bonds. The third-order valence-electron chi connectivity index (χ3n) is 2.52. The number of nitrogens with one attached hydrogen (secondary N) is 1. The van der Waals surface area contributed by atoms with Crippen molar-refractivity contribution in [3.63, 3.8) is 0 Å². The standard InChI is InChI=1S/C12H18BrNO2/c1-3-10(8-15)14-7-9-4-5-12(16-2)11(13)6-9/h4-6,10,14-15H,3,7-8H2,1-2H3/t10-/m0/s1. The van der Waals surface area contributed by atoms with Crippen LogP contribution < -0.4 is 10.1 Å². The van der Waals surface area contributed by atoms with Crippen LogP contribution in [-0.4, -0.2) is 24.9 Å². The average molecular weight is 288 g/mol. The second-order valence-electron chi connectivity index (χ2n) is 3.64. The van der Waals surface area contributed by atoms with E-state index in [1.807, 2.05) is 18.2 Å². The highest BCUT2D eigenvalue weighted by Crippen LogP contribution is 2.25. The second-order valence-corrected chi connectivity index (χ2v) is 4.49. The summed E-state index contributed by atoms with van der Waals surface area (Å²) in [5.41, 5.74) is 1.17. The fourth-order valence-corrected chi connectivity index (χ4v) is 2.01. The van der Waals surface area contributed by atoms with Crippen LogP contribution in [0.25, 0.3) is 0 Å². The van der Waals surface area contributed by atoms with Gasteiger partial charge in [0.05, 0.1) is 18.2 Å². The van der Waals surface area contributed by atoms with E-state index in [4.69, 9.17) is 9.84 Å². The molecule has 2 N–H and O–H groups in total. The molecule has 3 nitrogen and oxygen atoms in total. The Kier molecular flexibility index (Phi) is 5.80. The Labute approximate surface area is 105 Å². The normalized spacial score (nSPS) is 12.5. The second kappa shape index (κ2) is 6.89. The summed E-state index contributed by atoms with van der Waals surface area (Å²) in [5.74, 6) is 0.831. The minimum Gasteiger partial charge on any atom is -0.496 e. The summed E-state index contributed by atoms with van der Waals surface area (Å²) in [5, 5.41) is 12.3. The molecule has 4 heteroatoms. The van der Waals surface area contributed by atoms with Crippen molar-refractivity contribution in [1.82, 2.24) is 5.32 Å². The summed E-state index contributed by atoms with van der Waals surface area (Å²) in [6, 6.07) is 6.14. The van der Waals surface area contributed by atoms with E-state index in [0.717, 1.165) is 23.2 Å². The smallest absolute Gasteiger partial charge is 0.133 e. The molecule has 0 saturated heterocycles. The van der Waals surface area contributed by atoms with Gasteiger partial charge in [-0.15, -0.1) is 0 Å². The maximum absolute atomic E-state index is 9.05. The number of aliphatic hydroxyl groups excluding tert-OH is 1. The fraction of sp³-hybridized carbons (Fsp3) is 0.500. The van der Waals surface area contributed by atoms with E-state index in [2.05, 4.69) is 28.2 Å². The van der Waals surface area contributed by atoms with Gasteiger partial charge < -0.3 is 15.2 Å². The maximum atomic E-state index is 9.05. The highest BCUT2D eigenvalue weighted by atomic mass is 79.9. The lowest BCUT2D eigenvalue weighted by Gasteiger charge is -2.14. The van der Waals surface area contributed by atoms with Gasteiger partial charge in [0.1, 0.15) is 5.75 Å². The van der Waals surface area contributed by atoms with Crippen LogP contribution in [0.15, 0.2) is 22.7 Å². The largest absolute Gasteiger partial charge is 0.496 e. The zero-order valence-corrected chi connectivity index (χ0v) is 11.3. The quantitative estimate of drug-likeness (QED) is 0.844. The predicted molar refractivity (Wildman–Crippen MR) is 68.7 cm³/mol. The maximum Gasteiger partial charge on any atom is 0.133 e. The zero-order valence-electron chi connectivity index (χ0n) is 9.66. The molecule has 1 atom stereocenters. The van der Waals surface area contributed by atoms with Crippen molar-refractivity contribution >= 4 is 15.9 Å². The molecule has 0 unspecified atom stereocenters. The van der Waals surface area contributed by atoms with Crippen molar-refractivity contribution in [3.8, 4) is 5.75 Å². The molecule has 0 bridgehead atoms. The molecule has 1 aromatic carbocycles. The molecule has 0 aliphatic rings. The molecule has 1 aromatic rings. The van der Waals surface area contributed by atoms with Gasteiger partial charge in [-0.25, -0.2) is 0 Å². The van der Waals surface area contributed by atoms with E-state index < -0.39 is 0 Å². The lowest BCUT2D eigenvalue weighted by Crippen LogP contribution is -2.31. The highest BCUT2D eigenvalue weighted by molar-refractivity contribution is 9.10. The van der Waals surface area contributed by atoms with Crippen LogP contribution in [0.4, 0.5) is 0 Å². The topological polar surface area (TPSA) is 41.5 Å². The van der Waals surface area contributed by atoms with Crippen molar-refractivity contribution in [2.45, 2.75) is 25.9 Å². The molecule has 0 saturated carbocycles. The van der Waals surface area contributed by atoms with Crippen molar-refractivity contribution < 1.29 is 9.84 Å². The van der Waals surface area contributed by atoms with E-state index in [1.54, 1.807) is 7.11 Å². The molecule has 1 rings (SSSR count). The minimum absolute atomic E-state index is 0.167. The van der Waals surface area contributed by atoms with Crippen LogP contribution in [0.5, 0.6) is 5.75 Å². The zero-order chi connectivity index (χ0) is 12.0. The van der Waals surface area contributed by atoms with Crippen LogP contribution in [0.3, 0.4) is 0 Å². The predicted octanol–water partition coefficient (Wildman–Crippen LogP) is 2.32. The summed E-state index contributed by atoms with van der Waals surface area (Å²) in [6.45, 7) is 2.98. The number of rotatable bonds is 6. The molecule has 16 heavy (non-hydrogen) atoms. The Hall–Kier alpha value is -0.580. The van der Waals surface area contributed by atoms with Crippen molar-refractivity contribution in [2.75, 3.05) is 13.7 Å². The molecule has 0 radical (unpaired) electrons. The molecule has 0 aliphatic heterocycles. The molecule has 0 aliphatic carbocycles. The Morgan fingerprint density at radius 1 is 1.50 bits per heavy atom. The molecule has 0 heterocycles. The number of hydrogen-bond acceptors (Lipinski definition) is 3. The lowest BCUT2D eigenvalue weighted by molar-refractivity contribution is 0.238. The number of aliphatic hydroxyl groups is 1. The number of hydrogen-bond donors (Lipinski definition) is 2. The van der Waals surface area contributed by atoms with Crippen molar-refractivity contribution in [3.05, 3.63) is 28.2 Å². The van der Waals surface area contributed by atoms with Gasteiger partial charge in [-0.2, -0.15) is 0 Å². The average Bonchev–Trinajstić information content (AvgIpc) is 2.30. The number of halogens is 1. The molecule has 90 valence electrons. The first kappa shape index (κ1) is 13.5. The van der Waals surface area contributed by atoms with Gasteiger partial charge >= 0.3 is 0 Å². The Balaban J connectivity index is 2.58. The molecule has 0 spiro atoms. The van der Waals surface area contributed by atoms with Gasteiger partial charge in [0.2, 0.25) is 0 Å². The third kappa shape index (κ3) is 3.77. The Bertz CT molecular complexity index is 327. The molecular weight excluding hydrogens is 270 g/mol. The van der Waals surface area contributed by atoms with Gasteiger partial charge in [0.15, 0.2) is 0 Å². The van der Waals surface area contributed by atoms with Crippen LogP contribution >= 0.6 is 15.9 Å². The van der Waals surface area contributed by atoms with Gasteiger partial charge in [0, 0.05) is 12.6 Å². The summed E-state index contributed by atoms with van der Waals surface area (Å²) in [7, 11) is 1.65. The van der Waals surface area contributed by atoms with E-state index in [1.165, 1.54) is 5.56 Å². The number of benzene rings is 1. The SMILES string of the molecule is CC[C@@H](CO)NCc1ccc(OC)c(Br)c1. The van der Waals surface area contributed by atoms with E-state index in [-0.39, 0.29) is 12.6 Å². The van der Waals surface area contributed by atoms with E-state index >= 15 is 0 Å². The number of ether oxygens (including phenoxy) is 1. The number of methoxy groups -OCH3 is 1. The Morgan fingerprint density at radius 3 is 2.75 bits per heavy atom. The summed E-state index contributed by atoms with van der Waals surface area (Å²) in [6.07, 6.45) is 0.924. The molecule has 0 aromatic heterocycles. The van der Waals surface area contributed by atoms with Crippen LogP contribution in [-0.2, 0) is 6.54 Å².